The molecule has 0 spiro atoms. The van der Waals surface area contributed by atoms with Gasteiger partial charge in [-0.2, -0.15) is 0 Å². The molecule has 3 rings (SSSR count). The van der Waals surface area contributed by atoms with Gasteiger partial charge in [-0.3, -0.25) is 0 Å². The lowest BCUT2D eigenvalue weighted by molar-refractivity contribution is -0.137. The highest BCUT2D eigenvalue weighted by atomic mass is 16.7. The first-order valence-corrected chi connectivity index (χ1v) is 6.39. The molecule has 0 N–H and O–H groups in total. The van der Waals surface area contributed by atoms with Crippen LogP contribution >= 0.6 is 0 Å². The Balaban J connectivity index is 1.68. The maximum atomic E-state index is 5.42. The molecule has 3 fully saturated rings. The Morgan fingerprint density at radius 1 is 0.867 bits per heavy atom. The molecule has 0 aliphatic heterocycles. The highest BCUT2D eigenvalue weighted by Gasteiger charge is 2.53. The number of hydrogen-bond acceptors (Lipinski definition) is 2. The largest absolute Gasteiger partial charge is 0.356 e. The first-order chi connectivity index (χ1) is 7.33. The normalized spacial score (nSPS) is 47.8. The Kier molecular flexibility index (Phi) is 2.52. The maximum Gasteiger partial charge on any atom is 0.159 e. The van der Waals surface area contributed by atoms with Crippen molar-refractivity contribution in [3.05, 3.63) is 0 Å². The fourth-order valence-corrected chi connectivity index (χ4v) is 4.76. The Labute approximate surface area is 92.3 Å². The van der Waals surface area contributed by atoms with Gasteiger partial charge in [0.15, 0.2) is 6.29 Å². The zero-order valence-electron chi connectivity index (χ0n) is 9.82. The molecule has 86 valence electrons. The molecule has 5 atom stereocenters. The van der Waals surface area contributed by atoms with E-state index in [1.165, 1.54) is 32.1 Å². The number of rotatable bonds is 3. The quantitative estimate of drug-likeness (QED) is 0.667. The summed E-state index contributed by atoms with van der Waals surface area (Å²) < 4.78 is 10.8. The molecule has 3 aliphatic rings. The van der Waals surface area contributed by atoms with Crippen LogP contribution in [-0.4, -0.2) is 20.5 Å². The summed E-state index contributed by atoms with van der Waals surface area (Å²) in [6.07, 6.45) is 7.31. The van der Waals surface area contributed by atoms with E-state index in [-0.39, 0.29) is 6.29 Å². The van der Waals surface area contributed by atoms with Gasteiger partial charge in [0.25, 0.3) is 0 Å². The van der Waals surface area contributed by atoms with Crippen molar-refractivity contribution < 1.29 is 9.47 Å². The third-order valence-corrected chi connectivity index (χ3v) is 5.27. The molecule has 15 heavy (non-hydrogen) atoms. The first kappa shape index (κ1) is 10.1. The molecule has 2 heteroatoms. The van der Waals surface area contributed by atoms with E-state index in [2.05, 4.69) is 0 Å². The number of hydrogen-bond donors (Lipinski definition) is 0. The van der Waals surface area contributed by atoms with Crippen molar-refractivity contribution in [3.8, 4) is 0 Å². The summed E-state index contributed by atoms with van der Waals surface area (Å²) in [5, 5.41) is 0. The third kappa shape index (κ3) is 1.45. The molecule has 2 nitrogen and oxygen atoms in total. The van der Waals surface area contributed by atoms with Crippen molar-refractivity contribution in [2.75, 3.05) is 14.2 Å². The Bertz CT molecular complexity index is 219. The highest BCUT2D eigenvalue weighted by Crippen LogP contribution is 2.60. The molecule has 0 radical (unpaired) electrons. The van der Waals surface area contributed by atoms with Crippen LogP contribution in [0, 0.1) is 29.6 Å². The number of ether oxygens (including phenoxy) is 2. The molecule has 0 heterocycles. The summed E-state index contributed by atoms with van der Waals surface area (Å²) >= 11 is 0. The van der Waals surface area contributed by atoms with Crippen molar-refractivity contribution in [1.29, 1.82) is 0 Å². The Hall–Kier alpha value is -0.0800. The molecule has 2 bridgehead atoms. The molecular formula is C13H22O2. The second kappa shape index (κ2) is 3.74. The van der Waals surface area contributed by atoms with E-state index in [1.807, 2.05) is 0 Å². The van der Waals surface area contributed by atoms with Gasteiger partial charge < -0.3 is 9.47 Å². The molecule has 3 aliphatic carbocycles. The minimum absolute atomic E-state index is 0.0509. The van der Waals surface area contributed by atoms with Gasteiger partial charge in [0.05, 0.1) is 0 Å². The third-order valence-electron chi connectivity index (χ3n) is 5.27. The molecule has 0 saturated heterocycles. The number of fused-ring (bicyclic) bond motifs is 5. The molecule has 3 saturated carbocycles. The van der Waals surface area contributed by atoms with Crippen molar-refractivity contribution >= 4 is 0 Å². The summed E-state index contributed by atoms with van der Waals surface area (Å²) in [6, 6.07) is 0. The van der Waals surface area contributed by atoms with E-state index in [0.717, 1.165) is 23.7 Å². The predicted molar refractivity (Wildman–Crippen MR) is 58.3 cm³/mol. The van der Waals surface area contributed by atoms with E-state index < -0.39 is 0 Å². The molecule has 0 amide bonds. The van der Waals surface area contributed by atoms with E-state index in [1.54, 1.807) is 14.2 Å². The smallest absolute Gasteiger partial charge is 0.159 e. The van der Waals surface area contributed by atoms with E-state index in [9.17, 15) is 0 Å². The van der Waals surface area contributed by atoms with Crippen LogP contribution in [0.4, 0.5) is 0 Å². The average molecular weight is 210 g/mol. The SMILES string of the molecule is COC(OC)C1C[C@@H]2C3CCC(C3)[C@@H]2C1. The van der Waals surface area contributed by atoms with E-state index in [4.69, 9.17) is 9.47 Å². The summed E-state index contributed by atoms with van der Waals surface area (Å²) in [4.78, 5) is 0. The van der Waals surface area contributed by atoms with Gasteiger partial charge in [0.1, 0.15) is 0 Å². The van der Waals surface area contributed by atoms with Crippen molar-refractivity contribution in [2.45, 2.75) is 38.4 Å². The molecule has 0 aromatic carbocycles. The van der Waals surface area contributed by atoms with Crippen LogP contribution in [0.3, 0.4) is 0 Å². The van der Waals surface area contributed by atoms with Gasteiger partial charge in [-0.1, -0.05) is 0 Å². The van der Waals surface area contributed by atoms with Crippen LogP contribution in [0.2, 0.25) is 0 Å². The van der Waals surface area contributed by atoms with E-state index in [0.29, 0.717) is 5.92 Å². The summed E-state index contributed by atoms with van der Waals surface area (Å²) in [7, 11) is 3.55. The van der Waals surface area contributed by atoms with Crippen LogP contribution in [0.1, 0.15) is 32.1 Å². The minimum atomic E-state index is 0.0509. The van der Waals surface area contributed by atoms with E-state index >= 15 is 0 Å². The maximum absolute atomic E-state index is 5.42. The summed E-state index contributed by atoms with van der Waals surface area (Å²) in [6.45, 7) is 0. The second-order valence-electron chi connectivity index (χ2n) is 5.73. The van der Waals surface area contributed by atoms with Gasteiger partial charge in [-0.15, -0.1) is 0 Å². The predicted octanol–water partition coefficient (Wildman–Crippen LogP) is 2.68. The van der Waals surface area contributed by atoms with Gasteiger partial charge >= 0.3 is 0 Å². The van der Waals surface area contributed by atoms with Crippen LogP contribution in [-0.2, 0) is 9.47 Å². The lowest BCUT2D eigenvalue weighted by atomic mass is 9.82. The fraction of sp³-hybridized carbons (Fsp3) is 1.00. The summed E-state index contributed by atoms with van der Waals surface area (Å²) in [5.41, 5.74) is 0. The van der Waals surface area contributed by atoms with Crippen molar-refractivity contribution in [3.63, 3.8) is 0 Å². The Morgan fingerprint density at radius 2 is 1.40 bits per heavy atom. The van der Waals surface area contributed by atoms with Crippen LogP contribution in [0.25, 0.3) is 0 Å². The monoisotopic (exact) mass is 210 g/mol. The number of methoxy groups -OCH3 is 2. The summed E-state index contributed by atoms with van der Waals surface area (Å²) in [5.74, 6) is 4.81. The van der Waals surface area contributed by atoms with Crippen LogP contribution < -0.4 is 0 Å². The average Bonchev–Trinajstić information content (AvgIpc) is 2.90. The zero-order valence-corrected chi connectivity index (χ0v) is 9.82. The van der Waals surface area contributed by atoms with Gasteiger partial charge in [-0.05, 0) is 55.8 Å². The molecule has 3 unspecified atom stereocenters. The van der Waals surface area contributed by atoms with Crippen LogP contribution in [0.5, 0.6) is 0 Å². The van der Waals surface area contributed by atoms with Crippen molar-refractivity contribution in [2.24, 2.45) is 29.6 Å². The topological polar surface area (TPSA) is 18.5 Å². The first-order valence-electron chi connectivity index (χ1n) is 6.39. The standard InChI is InChI=1S/C13H22O2/c1-14-13(15-2)10-6-11-8-3-4-9(5-8)12(11)7-10/h8-13H,3-7H2,1-2H3/t8?,9?,10?,11-,12+. The van der Waals surface area contributed by atoms with Gasteiger partial charge in [-0.25, -0.2) is 0 Å². The van der Waals surface area contributed by atoms with Crippen molar-refractivity contribution in [1.82, 2.24) is 0 Å². The lowest BCUT2D eigenvalue weighted by Gasteiger charge is -2.23. The zero-order chi connectivity index (χ0) is 10.4. The molecule has 0 aromatic heterocycles. The molecule has 0 aromatic rings. The Morgan fingerprint density at radius 3 is 1.87 bits per heavy atom. The second-order valence-corrected chi connectivity index (χ2v) is 5.73. The fourth-order valence-electron chi connectivity index (χ4n) is 4.76. The van der Waals surface area contributed by atoms with Gasteiger partial charge in [0, 0.05) is 20.1 Å². The lowest BCUT2D eigenvalue weighted by Crippen LogP contribution is -2.23. The van der Waals surface area contributed by atoms with Crippen LogP contribution in [0.15, 0.2) is 0 Å². The minimum Gasteiger partial charge on any atom is -0.356 e. The highest BCUT2D eigenvalue weighted by molar-refractivity contribution is 5.01. The van der Waals surface area contributed by atoms with Gasteiger partial charge in [0.2, 0.25) is 0 Å². The molecular weight excluding hydrogens is 188 g/mol.